The highest BCUT2D eigenvalue weighted by molar-refractivity contribution is 5.93. The Labute approximate surface area is 164 Å². The van der Waals surface area contributed by atoms with Crippen molar-refractivity contribution in [2.75, 3.05) is 5.32 Å². The first-order chi connectivity index (χ1) is 13.7. The summed E-state index contributed by atoms with van der Waals surface area (Å²) in [5.74, 6) is -0.0245. The Morgan fingerprint density at radius 2 is 1.54 bits per heavy atom. The fourth-order valence-corrected chi connectivity index (χ4v) is 3.74. The van der Waals surface area contributed by atoms with Gasteiger partial charge in [0.25, 0.3) is 0 Å². The van der Waals surface area contributed by atoms with Gasteiger partial charge in [0.05, 0.1) is 11.4 Å². The van der Waals surface area contributed by atoms with Crippen LogP contribution in [0.5, 0.6) is 0 Å². The first-order valence-corrected chi connectivity index (χ1v) is 9.83. The lowest BCUT2D eigenvalue weighted by Crippen LogP contribution is -2.24. The average molecular weight is 374 g/mol. The normalized spacial score (nSPS) is 14.6. The van der Waals surface area contributed by atoms with Gasteiger partial charge in [-0.3, -0.25) is 4.79 Å². The highest BCUT2D eigenvalue weighted by atomic mass is 19.1. The Bertz CT molecular complexity index is 962. The minimum atomic E-state index is -0.263. The highest BCUT2D eigenvalue weighted by Gasteiger charge is 2.21. The van der Waals surface area contributed by atoms with E-state index in [1.165, 1.54) is 18.6 Å². The fourth-order valence-electron chi connectivity index (χ4n) is 3.74. The van der Waals surface area contributed by atoms with Crippen molar-refractivity contribution >= 4 is 11.6 Å². The monoisotopic (exact) mass is 374 g/mol. The second kappa shape index (κ2) is 8.34. The molecule has 4 heteroatoms. The summed E-state index contributed by atoms with van der Waals surface area (Å²) in [6.07, 6.45) is 5.46. The molecule has 0 radical (unpaired) electrons. The molecular formula is C24H23FN2O. The molecule has 0 saturated heterocycles. The van der Waals surface area contributed by atoms with Crippen molar-refractivity contribution in [2.24, 2.45) is 5.92 Å². The number of carbonyl (C=O) groups is 1. The first kappa shape index (κ1) is 18.4. The smallest absolute Gasteiger partial charge is 0.227 e. The molecule has 1 aromatic heterocycles. The van der Waals surface area contributed by atoms with Crippen LogP contribution in [0.3, 0.4) is 0 Å². The SMILES string of the molecule is O=C(Nc1cccc(-c2cccc(-c3ccc(F)cc3)n2)c1)C1CCCCC1. The van der Waals surface area contributed by atoms with Gasteiger partial charge in [-0.05, 0) is 61.4 Å². The summed E-state index contributed by atoms with van der Waals surface area (Å²) < 4.78 is 13.2. The Kier molecular flexibility index (Phi) is 5.47. The van der Waals surface area contributed by atoms with Gasteiger partial charge in [0.2, 0.25) is 5.91 Å². The van der Waals surface area contributed by atoms with Crippen molar-refractivity contribution in [3.63, 3.8) is 0 Å². The molecule has 142 valence electrons. The highest BCUT2D eigenvalue weighted by Crippen LogP contribution is 2.27. The summed E-state index contributed by atoms with van der Waals surface area (Å²) in [5.41, 5.74) is 4.20. The maximum atomic E-state index is 13.2. The largest absolute Gasteiger partial charge is 0.326 e. The summed E-state index contributed by atoms with van der Waals surface area (Å²) in [4.78, 5) is 17.2. The minimum Gasteiger partial charge on any atom is -0.326 e. The van der Waals surface area contributed by atoms with Gasteiger partial charge in [-0.25, -0.2) is 9.37 Å². The molecule has 1 N–H and O–H groups in total. The van der Waals surface area contributed by atoms with E-state index >= 15 is 0 Å². The van der Waals surface area contributed by atoms with E-state index in [-0.39, 0.29) is 17.6 Å². The lowest BCUT2D eigenvalue weighted by molar-refractivity contribution is -0.120. The van der Waals surface area contributed by atoms with Crippen LogP contribution in [0.4, 0.5) is 10.1 Å². The third-order valence-corrected chi connectivity index (χ3v) is 5.29. The molecule has 0 bridgehead atoms. The van der Waals surface area contributed by atoms with Crippen LogP contribution in [0.2, 0.25) is 0 Å². The number of anilines is 1. The zero-order valence-corrected chi connectivity index (χ0v) is 15.7. The van der Waals surface area contributed by atoms with Crippen molar-refractivity contribution in [3.8, 4) is 22.5 Å². The van der Waals surface area contributed by atoms with E-state index in [0.717, 1.165) is 53.9 Å². The molecule has 4 rings (SSSR count). The lowest BCUT2D eigenvalue weighted by atomic mass is 9.88. The number of amides is 1. The molecule has 0 spiro atoms. The Hall–Kier alpha value is -3.01. The maximum Gasteiger partial charge on any atom is 0.227 e. The summed E-state index contributed by atoms with van der Waals surface area (Å²) in [6.45, 7) is 0. The van der Waals surface area contributed by atoms with Gasteiger partial charge in [0.15, 0.2) is 0 Å². The molecule has 1 aliphatic rings. The molecule has 1 heterocycles. The molecule has 28 heavy (non-hydrogen) atoms. The van der Waals surface area contributed by atoms with Gasteiger partial charge >= 0.3 is 0 Å². The maximum absolute atomic E-state index is 13.2. The van der Waals surface area contributed by atoms with E-state index in [1.54, 1.807) is 12.1 Å². The van der Waals surface area contributed by atoms with Crippen molar-refractivity contribution in [1.29, 1.82) is 0 Å². The Balaban J connectivity index is 1.55. The topological polar surface area (TPSA) is 42.0 Å². The van der Waals surface area contributed by atoms with Crippen molar-refractivity contribution in [1.82, 2.24) is 4.98 Å². The molecule has 0 unspecified atom stereocenters. The minimum absolute atomic E-state index is 0.116. The number of nitrogens with zero attached hydrogens (tertiary/aromatic N) is 1. The molecule has 1 amide bonds. The molecular weight excluding hydrogens is 351 g/mol. The van der Waals surface area contributed by atoms with E-state index in [2.05, 4.69) is 5.32 Å². The van der Waals surface area contributed by atoms with Crippen LogP contribution in [-0.2, 0) is 4.79 Å². The first-order valence-electron chi connectivity index (χ1n) is 9.83. The molecule has 1 saturated carbocycles. The van der Waals surface area contributed by atoms with E-state index in [4.69, 9.17) is 4.98 Å². The number of carbonyl (C=O) groups excluding carboxylic acids is 1. The van der Waals surface area contributed by atoms with E-state index in [9.17, 15) is 9.18 Å². The van der Waals surface area contributed by atoms with Crippen molar-refractivity contribution in [2.45, 2.75) is 32.1 Å². The van der Waals surface area contributed by atoms with Crippen LogP contribution in [0.1, 0.15) is 32.1 Å². The number of halogens is 1. The predicted octanol–water partition coefficient (Wildman–Crippen LogP) is 6.07. The lowest BCUT2D eigenvalue weighted by Gasteiger charge is -2.20. The fraction of sp³-hybridized carbons (Fsp3) is 0.250. The number of pyridine rings is 1. The summed E-state index contributed by atoms with van der Waals surface area (Å²) in [5, 5.41) is 3.07. The molecule has 3 aromatic rings. The van der Waals surface area contributed by atoms with Gasteiger partial charge < -0.3 is 5.32 Å². The predicted molar refractivity (Wildman–Crippen MR) is 110 cm³/mol. The second-order valence-corrected chi connectivity index (χ2v) is 7.32. The number of hydrogen-bond acceptors (Lipinski definition) is 2. The van der Waals surface area contributed by atoms with Gasteiger partial charge in [-0.15, -0.1) is 0 Å². The second-order valence-electron chi connectivity index (χ2n) is 7.32. The van der Waals surface area contributed by atoms with Gasteiger partial charge in [0, 0.05) is 22.7 Å². The third kappa shape index (κ3) is 4.28. The zero-order chi connectivity index (χ0) is 19.3. The number of benzene rings is 2. The summed E-state index contributed by atoms with van der Waals surface area (Å²) >= 11 is 0. The average Bonchev–Trinajstić information content (AvgIpc) is 2.75. The molecule has 3 nitrogen and oxygen atoms in total. The van der Waals surface area contributed by atoms with Crippen LogP contribution in [0, 0.1) is 11.7 Å². The van der Waals surface area contributed by atoms with Gasteiger partial charge in [-0.1, -0.05) is 37.5 Å². The summed E-state index contributed by atoms with van der Waals surface area (Å²) in [7, 11) is 0. The van der Waals surface area contributed by atoms with Crippen LogP contribution in [0.15, 0.2) is 66.7 Å². The molecule has 2 aromatic carbocycles. The number of rotatable bonds is 4. The van der Waals surface area contributed by atoms with Gasteiger partial charge in [0.1, 0.15) is 5.82 Å². The van der Waals surface area contributed by atoms with Gasteiger partial charge in [-0.2, -0.15) is 0 Å². The van der Waals surface area contributed by atoms with E-state index in [1.807, 2.05) is 42.5 Å². The zero-order valence-electron chi connectivity index (χ0n) is 15.7. The Morgan fingerprint density at radius 1 is 0.857 bits per heavy atom. The Morgan fingerprint density at radius 3 is 2.29 bits per heavy atom. The van der Waals surface area contributed by atoms with Crippen molar-refractivity contribution < 1.29 is 9.18 Å². The molecule has 1 fully saturated rings. The number of hydrogen-bond donors (Lipinski definition) is 1. The standard InChI is InChI=1S/C24H23FN2O/c25-20-14-12-17(13-15-20)22-10-5-11-23(27-22)19-8-4-9-21(16-19)26-24(28)18-6-2-1-3-7-18/h4-5,8-16,18H,1-3,6-7H2,(H,26,28). The number of aromatic nitrogens is 1. The van der Waals surface area contributed by atoms with E-state index in [0.29, 0.717) is 0 Å². The quantitative estimate of drug-likeness (QED) is 0.602. The summed E-state index contributed by atoms with van der Waals surface area (Å²) in [6, 6.07) is 19.9. The van der Waals surface area contributed by atoms with Crippen LogP contribution in [-0.4, -0.2) is 10.9 Å². The van der Waals surface area contributed by atoms with E-state index < -0.39 is 0 Å². The van der Waals surface area contributed by atoms with Crippen LogP contribution >= 0.6 is 0 Å². The van der Waals surface area contributed by atoms with Crippen molar-refractivity contribution in [3.05, 3.63) is 72.5 Å². The third-order valence-electron chi connectivity index (χ3n) is 5.29. The molecule has 0 atom stereocenters. The van der Waals surface area contributed by atoms with Crippen LogP contribution < -0.4 is 5.32 Å². The number of nitrogens with one attached hydrogen (secondary N) is 1. The van der Waals surface area contributed by atoms with Crippen LogP contribution in [0.25, 0.3) is 22.5 Å². The molecule has 0 aliphatic heterocycles. The molecule has 1 aliphatic carbocycles.